The number of aryl methyl sites for hydroxylation is 1. The summed E-state index contributed by atoms with van der Waals surface area (Å²) in [4.78, 5) is 18.0. The first-order valence-corrected chi connectivity index (χ1v) is 5.65. The van der Waals surface area contributed by atoms with Gasteiger partial charge in [-0.15, -0.1) is 0 Å². The summed E-state index contributed by atoms with van der Waals surface area (Å²) >= 11 is 0. The van der Waals surface area contributed by atoms with Crippen molar-refractivity contribution < 1.29 is 4.79 Å². The van der Waals surface area contributed by atoms with Crippen LogP contribution in [0.3, 0.4) is 0 Å². The molecule has 1 saturated heterocycles. The summed E-state index contributed by atoms with van der Waals surface area (Å²) in [6.07, 6.45) is 5.64. The quantitative estimate of drug-likeness (QED) is 0.780. The van der Waals surface area contributed by atoms with E-state index in [1.165, 1.54) is 0 Å². The number of nitrogens with one attached hydrogen (secondary N) is 1. The molecule has 88 valence electrons. The highest BCUT2D eigenvalue weighted by Gasteiger charge is 2.24. The Morgan fingerprint density at radius 2 is 2.50 bits per heavy atom. The fourth-order valence-electron chi connectivity index (χ4n) is 2.06. The van der Waals surface area contributed by atoms with E-state index < -0.39 is 0 Å². The topological polar surface area (TPSA) is 50.2 Å². The molecule has 0 aliphatic carbocycles. The molecule has 1 aromatic rings. The molecule has 1 amide bonds. The molecular weight excluding hydrogens is 204 g/mol. The normalized spacial score (nSPS) is 20.8. The molecule has 5 heteroatoms. The lowest BCUT2D eigenvalue weighted by Crippen LogP contribution is -2.47. The largest absolute Gasteiger partial charge is 0.335 e. The number of hydrogen-bond donors (Lipinski definition) is 1. The molecule has 1 aromatic heterocycles. The van der Waals surface area contributed by atoms with Gasteiger partial charge in [0, 0.05) is 39.1 Å². The Labute approximate surface area is 95.5 Å². The summed E-state index contributed by atoms with van der Waals surface area (Å²) < 4.78 is 1.76. The van der Waals surface area contributed by atoms with E-state index in [0.29, 0.717) is 5.82 Å². The highest BCUT2D eigenvalue weighted by atomic mass is 16.2. The van der Waals surface area contributed by atoms with Gasteiger partial charge < -0.3 is 14.8 Å². The minimum Gasteiger partial charge on any atom is -0.335 e. The standard InChI is InChI=1S/C11H18N4O/c1-14-7-6-13-10(14)11(16)15(2)9-4-3-5-12-8-9/h6-7,9,12H,3-5,8H2,1-2H3. The van der Waals surface area contributed by atoms with Gasteiger partial charge in [0.05, 0.1) is 0 Å². The first-order valence-electron chi connectivity index (χ1n) is 5.65. The summed E-state index contributed by atoms with van der Waals surface area (Å²) in [5.74, 6) is 0.509. The first kappa shape index (κ1) is 11.1. The zero-order chi connectivity index (χ0) is 11.5. The average Bonchev–Trinajstić information content (AvgIpc) is 2.75. The van der Waals surface area contributed by atoms with E-state index in [9.17, 15) is 4.79 Å². The molecule has 0 aromatic carbocycles. The van der Waals surface area contributed by atoms with Gasteiger partial charge in [-0.25, -0.2) is 4.98 Å². The van der Waals surface area contributed by atoms with Gasteiger partial charge in [-0.2, -0.15) is 0 Å². The third-order valence-electron chi connectivity index (χ3n) is 3.15. The lowest BCUT2D eigenvalue weighted by atomic mass is 10.1. The van der Waals surface area contributed by atoms with Crippen LogP contribution >= 0.6 is 0 Å². The first-order chi connectivity index (χ1) is 7.70. The number of aromatic nitrogens is 2. The van der Waals surface area contributed by atoms with Crippen molar-refractivity contribution in [2.75, 3.05) is 20.1 Å². The van der Waals surface area contributed by atoms with E-state index in [1.807, 2.05) is 14.1 Å². The van der Waals surface area contributed by atoms with Crippen molar-refractivity contribution in [3.63, 3.8) is 0 Å². The molecule has 0 bridgehead atoms. The summed E-state index contributed by atoms with van der Waals surface area (Å²) in [5.41, 5.74) is 0. The Kier molecular flexibility index (Phi) is 3.24. The van der Waals surface area contributed by atoms with Crippen molar-refractivity contribution in [2.24, 2.45) is 7.05 Å². The molecule has 5 nitrogen and oxygen atoms in total. The van der Waals surface area contributed by atoms with Crippen LogP contribution in [-0.2, 0) is 7.05 Å². The van der Waals surface area contributed by atoms with Crippen molar-refractivity contribution in [1.29, 1.82) is 0 Å². The molecule has 1 aliphatic rings. The number of nitrogens with zero attached hydrogens (tertiary/aromatic N) is 3. The molecule has 16 heavy (non-hydrogen) atoms. The van der Waals surface area contributed by atoms with Crippen molar-refractivity contribution in [2.45, 2.75) is 18.9 Å². The number of carbonyl (C=O) groups is 1. The van der Waals surface area contributed by atoms with Crippen LogP contribution in [0.25, 0.3) is 0 Å². The van der Waals surface area contributed by atoms with Gasteiger partial charge in [-0.3, -0.25) is 4.79 Å². The molecule has 2 rings (SSSR count). The van der Waals surface area contributed by atoms with Gasteiger partial charge in [0.2, 0.25) is 0 Å². The van der Waals surface area contributed by atoms with Crippen LogP contribution in [0.15, 0.2) is 12.4 Å². The maximum atomic E-state index is 12.1. The Balaban J connectivity index is 2.06. The fraction of sp³-hybridized carbons (Fsp3) is 0.636. The van der Waals surface area contributed by atoms with E-state index in [1.54, 1.807) is 21.9 Å². The number of carbonyl (C=O) groups excluding carboxylic acids is 1. The van der Waals surface area contributed by atoms with Crippen LogP contribution < -0.4 is 5.32 Å². The molecule has 1 N–H and O–H groups in total. The van der Waals surface area contributed by atoms with Gasteiger partial charge in [0.15, 0.2) is 5.82 Å². The third kappa shape index (κ3) is 2.09. The number of likely N-dealkylation sites (N-methyl/N-ethyl adjacent to an activating group) is 1. The lowest BCUT2D eigenvalue weighted by Gasteiger charge is -2.31. The summed E-state index contributed by atoms with van der Waals surface area (Å²) in [6, 6.07) is 0.290. The average molecular weight is 222 g/mol. The van der Waals surface area contributed by atoms with Crippen molar-refractivity contribution >= 4 is 5.91 Å². The lowest BCUT2D eigenvalue weighted by molar-refractivity contribution is 0.0692. The fourth-order valence-corrected chi connectivity index (χ4v) is 2.06. The summed E-state index contributed by atoms with van der Waals surface area (Å²) in [6.45, 7) is 1.94. The Morgan fingerprint density at radius 3 is 3.06 bits per heavy atom. The van der Waals surface area contributed by atoms with Crippen LogP contribution in [-0.4, -0.2) is 46.5 Å². The smallest absolute Gasteiger partial charge is 0.289 e. The predicted molar refractivity (Wildman–Crippen MR) is 61.2 cm³/mol. The molecule has 0 spiro atoms. The maximum Gasteiger partial charge on any atom is 0.289 e. The van der Waals surface area contributed by atoms with E-state index in [0.717, 1.165) is 25.9 Å². The molecule has 1 aliphatic heterocycles. The Bertz CT molecular complexity index is 368. The highest BCUT2D eigenvalue weighted by molar-refractivity contribution is 5.90. The molecule has 1 fully saturated rings. The van der Waals surface area contributed by atoms with Crippen molar-refractivity contribution in [3.8, 4) is 0 Å². The maximum absolute atomic E-state index is 12.1. The van der Waals surface area contributed by atoms with E-state index >= 15 is 0 Å². The minimum absolute atomic E-state index is 0.00111. The number of imidazole rings is 1. The summed E-state index contributed by atoms with van der Waals surface area (Å²) in [7, 11) is 3.70. The zero-order valence-electron chi connectivity index (χ0n) is 9.81. The van der Waals surface area contributed by atoms with Gasteiger partial charge in [0.25, 0.3) is 5.91 Å². The van der Waals surface area contributed by atoms with E-state index in [-0.39, 0.29) is 11.9 Å². The van der Waals surface area contributed by atoms with Gasteiger partial charge in [0.1, 0.15) is 0 Å². The molecule has 0 radical (unpaired) electrons. The molecule has 2 heterocycles. The molecule has 1 atom stereocenters. The van der Waals surface area contributed by atoms with E-state index in [2.05, 4.69) is 10.3 Å². The van der Waals surface area contributed by atoms with Crippen molar-refractivity contribution in [3.05, 3.63) is 18.2 Å². The van der Waals surface area contributed by atoms with Gasteiger partial charge in [-0.05, 0) is 19.4 Å². The SMILES string of the molecule is CN(C(=O)c1nccn1C)C1CCCNC1. The van der Waals surface area contributed by atoms with E-state index in [4.69, 9.17) is 0 Å². The van der Waals surface area contributed by atoms with Crippen molar-refractivity contribution in [1.82, 2.24) is 19.8 Å². The van der Waals surface area contributed by atoms with Crippen LogP contribution in [0.5, 0.6) is 0 Å². The second kappa shape index (κ2) is 4.65. The third-order valence-corrected chi connectivity index (χ3v) is 3.15. The molecule has 0 saturated carbocycles. The van der Waals surface area contributed by atoms with Crippen LogP contribution in [0.2, 0.25) is 0 Å². The number of amides is 1. The highest BCUT2D eigenvalue weighted by Crippen LogP contribution is 2.11. The van der Waals surface area contributed by atoms with Crippen LogP contribution in [0, 0.1) is 0 Å². The van der Waals surface area contributed by atoms with Crippen LogP contribution in [0.1, 0.15) is 23.5 Å². The second-order valence-corrected chi connectivity index (χ2v) is 4.28. The van der Waals surface area contributed by atoms with Crippen LogP contribution in [0.4, 0.5) is 0 Å². The minimum atomic E-state index is 0.00111. The Morgan fingerprint density at radius 1 is 1.69 bits per heavy atom. The van der Waals surface area contributed by atoms with Gasteiger partial charge >= 0.3 is 0 Å². The van der Waals surface area contributed by atoms with Gasteiger partial charge in [-0.1, -0.05) is 0 Å². The second-order valence-electron chi connectivity index (χ2n) is 4.28. The summed E-state index contributed by atoms with van der Waals surface area (Å²) in [5, 5.41) is 3.31. The molecular formula is C11H18N4O. The predicted octanol–water partition coefficient (Wildman–Crippen LogP) is 0.244. The molecule has 1 unspecified atom stereocenters. The number of piperidine rings is 1. The number of rotatable bonds is 2. The Hall–Kier alpha value is -1.36. The zero-order valence-corrected chi connectivity index (χ0v) is 9.81. The number of hydrogen-bond acceptors (Lipinski definition) is 3. The monoisotopic (exact) mass is 222 g/mol.